The summed E-state index contributed by atoms with van der Waals surface area (Å²) >= 11 is 0. The number of aliphatic hydroxyl groups excluding tert-OH is 4. The number of carbonyl (C=O) groups is 2. The highest BCUT2D eigenvalue weighted by atomic mass is 16.7. The van der Waals surface area contributed by atoms with E-state index in [9.17, 15) is 30.0 Å². The first-order chi connectivity index (χ1) is 26.8. The molecule has 0 radical (unpaired) electrons. The highest BCUT2D eigenvalue weighted by molar-refractivity contribution is 5.70. The molecule has 55 heavy (non-hydrogen) atoms. The van der Waals surface area contributed by atoms with Crippen molar-refractivity contribution in [2.75, 3.05) is 19.8 Å². The van der Waals surface area contributed by atoms with E-state index in [4.69, 9.17) is 18.9 Å². The van der Waals surface area contributed by atoms with Crippen LogP contribution < -0.4 is 0 Å². The number of aliphatic hydroxyl groups is 4. The van der Waals surface area contributed by atoms with Crippen molar-refractivity contribution in [3.63, 3.8) is 0 Å². The summed E-state index contributed by atoms with van der Waals surface area (Å²) in [7, 11) is 0. The maximum atomic E-state index is 12.7. The SMILES string of the molecule is CC/C=C\C/C=C\C/C=C\C/C=C\CCC(=O)OC(COC(=O)CCCCCCCCC/C=C\C/C=C\C/C=C\CC)COC1OC(CO)C(O)C(O)C1O. The Kier molecular flexibility index (Phi) is 32.0. The van der Waals surface area contributed by atoms with Crippen LogP contribution in [0.1, 0.15) is 129 Å². The minimum atomic E-state index is -1.61. The molecule has 4 N–H and O–H groups in total. The first kappa shape index (κ1) is 49.9. The lowest BCUT2D eigenvalue weighted by atomic mass is 9.99. The molecule has 10 nitrogen and oxygen atoms in total. The van der Waals surface area contributed by atoms with Crippen LogP contribution in [0.2, 0.25) is 0 Å². The zero-order valence-corrected chi connectivity index (χ0v) is 33.6. The van der Waals surface area contributed by atoms with Crippen LogP contribution in [0.15, 0.2) is 85.1 Å². The maximum absolute atomic E-state index is 12.7. The van der Waals surface area contributed by atoms with Crippen molar-refractivity contribution in [2.45, 2.75) is 166 Å². The Morgan fingerprint density at radius 1 is 0.564 bits per heavy atom. The van der Waals surface area contributed by atoms with Gasteiger partial charge in [0.05, 0.1) is 13.2 Å². The fourth-order valence-corrected chi connectivity index (χ4v) is 5.57. The molecule has 0 aromatic rings. The number of rotatable bonds is 32. The van der Waals surface area contributed by atoms with Gasteiger partial charge in [0, 0.05) is 12.8 Å². The molecule has 0 aliphatic carbocycles. The summed E-state index contributed by atoms with van der Waals surface area (Å²) in [5.41, 5.74) is 0. The predicted molar refractivity (Wildman–Crippen MR) is 219 cm³/mol. The first-order valence-electron chi connectivity index (χ1n) is 20.7. The summed E-state index contributed by atoms with van der Waals surface area (Å²) in [4.78, 5) is 25.2. The zero-order valence-electron chi connectivity index (χ0n) is 33.6. The number of hydrogen-bond donors (Lipinski definition) is 4. The summed E-state index contributed by atoms with van der Waals surface area (Å²) in [6.07, 6.45) is 37.5. The highest BCUT2D eigenvalue weighted by Crippen LogP contribution is 2.22. The highest BCUT2D eigenvalue weighted by Gasteiger charge is 2.44. The third-order valence-corrected chi connectivity index (χ3v) is 8.79. The van der Waals surface area contributed by atoms with Crippen LogP contribution in [0.3, 0.4) is 0 Å². The minimum Gasteiger partial charge on any atom is -0.462 e. The Morgan fingerprint density at radius 3 is 1.60 bits per heavy atom. The fraction of sp³-hybridized carbons (Fsp3) is 0.644. The summed E-state index contributed by atoms with van der Waals surface area (Å²) in [5.74, 6) is -0.923. The molecule has 0 saturated carbocycles. The van der Waals surface area contributed by atoms with Gasteiger partial charge in [-0.15, -0.1) is 0 Å². The Hall–Kier alpha value is -3.12. The van der Waals surface area contributed by atoms with E-state index < -0.39 is 55.4 Å². The Balaban J connectivity index is 2.41. The molecule has 10 heteroatoms. The van der Waals surface area contributed by atoms with Gasteiger partial charge in [0.15, 0.2) is 12.4 Å². The molecule has 6 atom stereocenters. The molecule has 312 valence electrons. The smallest absolute Gasteiger partial charge is 0.306 e. The maximum Gasteiger partial charge on any atom is 0.306 e. The summed E-state index contributed by atoms with van der Waals surface area (Å²) in [6.45, 7) is 3.08. The molecular formula is C45H72O10. The Bertz CT molecular complexity index is 1170. The molecule has 1 aliphatic rings. The summed E-state index contributed by atoms with van der Waals surface area (Å²) < 4.78 is 22.0. The van der Waals surface area contributed by atoms with Gasteiger partial charge in [0.2, 0.25) is 0 Å². The average molecular weight is 773 g/mol. The van der Waals surface area contributed by atoms with Crippen LogP contribution in [-0.4, -0.2) is 89.0 Å². The molecule has 1 fully saturated rings. The van der Waals surface area contributed by atoms with E-state index in [-0.39, 0.29) is 26.1 Å². The van der Waals surface area contributed by atoms with Gasteiger partial charge in [0.1, 0.15) is 31.0 Å². The molecule has 0 aromatic heterocycles. The number of ether oxygens (including phenoxy) is 4. The number of hydrogen-bond acceptors (Lipinski definition) is 10. The number of carbonyl (C=O) groups excluding carboxylic acids is 2. The van der Waals surface area contributed by atoms with Gasteiger partial charge in [-0.05, 0) is 70.6 Å². The van der Waals surface area contributed by atoms with Crippen LogP contribution in [0.25, 0.3) is 0 Å². The lowest BCUT2D eigenvalue weighted by molar-refractivity contribution is -0.305. The third kappa shape index (κ3) is 27.2. The van der Waals surface area contributed by atoms with E-state index in [0.717, 1.165) is 70.6 Å². The molecular weight excluding hydrogens is 700 g/mol. The Labute approximate surface area is 331 Å². The molecule has 1 aliphatic heterocycles. The van der Waals surface area contributed by atoms with Crippen molar-refractivity contribution in [3.8, 4) is 0 Å². The molecule has 0 amide bonds. The summed E-state index contributed by atoms with van der Waals surface area (Å²) in [6, 6.07) is 0. The van der Waals surface area contributed by atoms with Crippen molar-refractivity contribution >= 4 is 11.9 Å². The van der Waals surface area contributed by atoms with E-state index in [2.05, 4.69) is 86.8 Å². The largest absolute Gasteiger partial charge is 0.462 e. The normalized spacial score (nSPS) is 21.5. The van der Waals surface area contributed by atoms with Gasteiger partial charge < -0.3 is 39.4 Å². The van der Waals surface area contributed by atoms with Crippen LogP contribution in [0.5, 0.6) is 0 Å². The second kappa shape index (κ2) is 35.3. The van der Waals surface area contributed by atoms with Gasteiger partial charge >= 0.3 is 11.9 Å². The number of unbranched alkanes of at least 4 members (excludes halogenated alkanes) is 7. The molecule has 0 aromatic carbocycles. The minimum absolute atomic E-state index is 0.102. The topological polar surface area (TPSA) is 152 Å². The first-order valence-corrected chi connectivity index (χ1v) is 20.7. The van der Waals surface area contributed by atoms with Crippen molar-refractivity contribution in [2.24, 2.45) is 0 Å². The van der Waals surface area contributed by atoms with Crippen molar-refractivity contribution in [1.29, 1.82) is 0 Å². The van der Waals surface area contributed by atoms with E-state index >= 15 is 0 Å². The summed E-state index contributed by atoms with van der Waals surface area (Å²) in [5, 5.41) is 40.0. The lowest BCUT2D eigenvalue weighted by Crippen LogP contribution is -2.59. The molecule has 6 unspecified atom stereocenters. The van der Waals surface area contributed by atoms with Gasteiger partial charge in [-0.25, -0.2) is 0 Å². The fourth-order valence-electron chi connectivity index (χ4n) is 5.57. The van der Waals surface area contributed by atoms with Crippen LogP contribution in [0.4, 0.5) is 0 Å². The van der Waals surface area contributed by atoms with Crippen LogP contribution in [0, 0.1) is 0 Å². The molecule has 1 saturated heterocycles. The molecule has 0 spiro atoms. The van der Waals surface area contributed by atoms with Crippen LogP contribution in [-0.2, 0) is 28.5 Å². The van der Waals surface area contributed by atoms with E-state index in [1.807, 2.05) is 12.2 Å². The Morgan fingerprint density at radius 2 is 1.05 bits per heavy atom. The lowest BCUT2D eigenvalue weighted by Gasteiger charge is -2.39. The van der Waals surface area contributed by atoms with Crippen molar-refractivity contribution in [3.05, 3.63) is 85.1 Å². The van der Waals surface area contributed by atoms with Crippen molar-refractivity contribution in [1.82, 2.24) is 0 Å². The van der Waals surface area contributed by atoms with E-state index in [1.165, 1.54) is 19.3 Å². The second-order valence-electron chi connectivity index (χ2n) is 13.7. The number of esters is 2. The van der Waals surface area contributed by atoms with Gasteiger partial charge in [-0.1, -0.05) is 131 Å². The van der Waals surface area contributed by atoms with Gasteiger partial charge in [0.25, 0.3) is 0 Å². The standard InChI is InChI=1S/C45H72O10/c1-3-5-7-9-11-13-15-17-18-19-20-22-23-25-27-29-31-33-40(47)52-36-38(37-53-45-44(51)43(50)42(49)39(35-46)55-45)54-41(48)34-32-30-28-26-24-21-16-14-12-10-8-6-4-2/h5-8,11-14,17-18,21,24,28,30,38-39,42-46,49-51H,3-4,9-10,15-16,19-20,22-23,25-27,29,31-37H2,1-2H3/b7-5-,8-6-,13-11-,14-12-,18-17-,24-21-,30-28-. The van der Waals surface area contributed by atoms with Gasteiger partial charge in [-0.3, -0.25) is 9.59 Å². The molecule has 1 rings (SSSR count). The second-order valence-corrected chi connectivity index (χ2v) is 13.7. The third-order valence-electron chi connectivity index (χ3n) is 8.79. The predicted octanol–water partition coefficient (Wildman–Crippen LogP) is 8.21. The van der Waals surface area contributed by atoms with Gasteiger partial charge in [-0.2, -0.15) is 0 Å². The molecule has 1 heterocycles. The molecule has 0 bridgehead atoms. The zero-order chi connectivity index (χ0) is 40.2. The van der Waals surface area contributed by atoms with E-state index in [1.54, 1.807) is 0 Å². The number of allylic oxidation sites excluding steroid dienone is 14. The average Bonchev–Trinajstić information content (AvgIpc) is 3.18. The quantitative estimate of drug-likeness (QED) is 0.0299. The van der Waals surface area contributed by atoms with E-state index in [0.29, 0.717) is 12.8 Å². The van der Waals surface area contributed by atoms with Crippen LogP contribution >= 0.6 is 0 Å². The monoisotopic (exact) mass is 773 g/mol. The van der Waals surface area contributed by atoms with Crippen molar-refractivity contribution < 1.29 is 49.0 Å².